The average Bonchev–Trinajstić information content (AvgIpc) is 2.84. The molecule has 3 rings (SSSR count). The molecule has 0 spiro atoms. The lowest BCUT2D eigenvalue weighted by molar-refractivity contribution is -0.120. The summed E-state index contributed by atoms with van der Waals surface area (Å²) < 4.78 is 5.28. The zero-order valence-electron chi connectivity index (χ0n) is 11.2. The number of hydrogen-bond donors (Lipinski definition) is 3. The topological polar surface area (TPSA) is 79.5 Å². The SMILES string of the molecule is CC1NCCC1C(=O)Nc1ccc2c(c1)NC(=O)CO2. The summed E-state index contributed by atoms with van der Waals surface area (Å²) >= 11 is 0. The number of carbonyl (C=O) groups excluding carboxylic acids is 2. The van der Waals surface area contributed by atoms with Gasteiger partial charge < -0.3 is 20.7 Å². The van der Waals surface area contributed by atoms with Crippen molar-refractivity contribution < 1.29 is 14.3 Å². The maximum Gasteiger partial charge on any atom is 0.262 e. The van der Waals surface area contributed by atoms with Gasteiger partial charge in [-0.15, -0.1) is 0 Å². The monoisotopic (exact) mass is 275 g/mol. The minimum absolute atomic E-state index is 0.00510. The smallest absolute Gasteiger partial charge is 0.262 e. The fourth-order valence-corrected chi connectivity index (χ4v) is 2.61. The Kier molecular flexibility index (Phi) is 3.31. The highest BCUT2D eigenvalue weighted by atomic mass is 16.5. The molecule has 1 aromatic rings. The summed E-state index contributed by atoms with van der Waals surface area (Å²) in [4.78, 5) is 23.5. The second kappa shape index (κ2) is 5.13. The van der Waals surface area contributed by atoms with Crippen molar-refractivity contribution in [2.45, 2.75) is 19.4 Å². The van der Waals surface area contributed by atoms with Gasteiger partial charge in [0.15, 0.2) is 6.61 Å². The third-order valence-electron chi connectivity index (χ3n) is 3.74. The van der Waals surface area contributed by atoms with Crippen molar-refractivity contribution in [1.29, 1.82) is 0 Å². The Morgan fingerprint density at radius 1 is 1.45 bits per heavy atom. The quantitative estimate of drug-likeness (QED) is 0.751. The number of rotatable bonds is 2. The van der Waals surface area contributed by atoms with Crippen molar-refractivity contribution in [3.05, 3.63) is 18.2 Å². The van der Waals surface area contributed by atoms with Crippen LogP contribution in [0, 0.1) is 5.92 Å². The van der Waals surface area contributed by atoms with Crippen LogP contribution in [0.2, 0.25) is 0 Å². The molecule has 3 N–H and O–H groups in total. The number of hydrogen-bond acceptors (Lipinski definition) is 4. The number of benzene rings is 1. The molecule has 2 atom stereocenters. The van der Waals surface area contributed by atoms with Gasteiger partial charge >= 0.3 is 0 Å². The van der Waals surface area contributed by atoms with E-state index in [0.717, 1.165) is 13.0 Å². The van der Waals surface area contributed by atoms with Crippen LogP contribution in [0.3, 0.4) is 0 Å². The van der Waals surface area contributed by atoms with Crippen LogP contribution in [0.1, 0.15) is 13.3 Å². The molecular weight excluding hydrogens is 258 g/mol. The van der Waals surface area contributed by atoms with Gasteiger partial charge in [-0.25, -0.2) is 0 Å². The van der Waals surface area contributed by atoms with Crippen LogP contribution in [-0.2, 0) is 9.59 Å². The Labute approximate surface area is 116 Å². The molecule has 6 heteroatoms. The van der Waals surface area contributed by atoms with E-state index < -0.39 is 0 Å². The summed E-state index contributed by atoms with van der Waals surface area (Å²) in [6.45, 7) is 2.91. The van der Waals surface area contributed by atoms with Gasteiger partial charge in [-0.1, -0.05) is 0 Å². The van der Waals surface area contributed by atoms with Gasteiger partial charge in [-0.2, -0.15) is 0 Å². The lowest BCUT2D eigenvalue weighted by Gasteiger charge is -2.19. The lowest BCUT2D eigenvalue weighted by atomic mass is 10.0. The molecule has 0 saturated carbocycles. The Morgan fingerprint density at radius 3 is 3.05 bits per heavy atom. The summed E-state index contributed by atoms with van der Waals surface area (Å²) in [6, 6.07) is 5.44. The molecule has 2 heterocycles. The highest BCUT2D eigenvalue weighted by Gasteiger charge is 2.29. The van der Waals surface area contributed by atoms with Gasteiger partial charge in [0, 0.05) is 11.7 Å². The Morgan fingerprint density at radius 2 is 2.30 bits per heavy atom. The molecular formula is C14H17N3O3. The van der Waals surface area contributed by atoms with Gasteiger partial charge in [-0.3, -0.25) is 9.59 Å². The number of anilines is 2. The van der Waals surface area contributed by atoms with Crippen LogP contribution >= 0.6 is 0 Å². The summed E-state index contributed by atoms with van der Waals surface area (Å²) in [6.07, 6.45) is 0.845. The van der Waals surface area contributed by atoms with Crippen LogP contribution in [0.4, 0.5) is 11.4 Å². The van der Waals surface area contributed by atoms with E-state index in [9.17, 15) is 9.59 Å². The maximum absolute atomic E-state index is 12.2. The van der Waals surface area contributed by atoms with Gasteiger partial charge in [0.25, 0.3) is 5.91 Å². The van der Waals surface area contributed by atoms with Crippen LogP contribution in [0.5, 0.6) is 5.75 Å². The number of nitrogens with one attached hydrogen (secondary N) is 3. The Hall–Kier alpha value is -2.08. The number of carbonyl (C=O) groups is 2. The number of amides is 2. The van der Waals surface area contributed by atoms with Gasteiger partial charge in [0.2, 0.25) is 5.91 Å². The third kappa shape index (κ3) is 2.46. The van der Waals surface area contributed by atoms with E-state index in [1.165, 1.54) is 0 Å². The summed E-state index contributed by atoms with van der Waals surface area (Å²) in [5.41, 5.74) is 1.26. The first kappa shape index (κ1) is 12.9. The van der Waals surface area contributed by atoms with Gasteiger partial charge in [0.05, 0.1) is 11.6 Å². The van der Waals surface area contributed by atoms with E-state index in [4.69, 9.17) is 4.74 Å². The fourth-order valence-electron chi connectivity index (χ4n) is 2.61. The average molecular weight is 275 g/mol. The van der Waals surface area contributed by atoms with Crippen LogP contribution in [0.25, 0.3) is 0 Å². The van der Waals surface area contributed by atoms with E-state index in [-0.39, 0.29) is 30.4 Å². The second-order valence-electron chi connectivity index (χ2n) is 5.18. The molecule has 1 saturated heterocycles. The van der Waals surface area contributed by atoms with Crippen LogP contribution < -0.4 is 20.7 Å². The predicted molar refractivity (Wildman–Crippen MR) is 74.8 cm³/mol. The van der Waals surface area contributed by atoms with Crippen LogP contribution in [-0.4, -0.2) is 31.0 Å². The zero-order valence-corrected chi connectivity index (χ0v) is 11.2. The predicted octanol–water partition coefficient (Wildman–Crippen LogP) is 0.954. The van der Waals surface area contributed by atoms with E-state index in [1.54, 1.807) is 18.2 Å². The zero-order chi connectivity index (χ0) is 14.1. The minimum Gasteiger partial charge on any atom is -0.482 e. The summed E-state index contributed by atoms with van der Waals surface area (Å²) in [5.74, 6) is 0.426. The van der Waals surface area contributed by atoms with Crippen LogP contribution in [0.15, 0.2) is 18.2 Å². The Bertz CT molecular complexity index is 559. The summed E-state index contributed by atoms with van der Waals surface area (Å²) in [5, 5.41) is 8.87. The molecule has 2 unspecified atom stereocenters. The largest absolute Gasteiger partial charge is 0.482 e. The molecule has 1 fully saturated rings. The second-order valence-corrected chi connectivity index (χ2v) is 5.18. The fraction of sp³-hybridized carbons (Fsp3) is 0.429. The summed E-state index contributed by atoms with van der Waals surface area (Å²) in [7, 11) is 0. The van der Waals surface area contributed by atoms with Crippen molar-refractivity contribution in [3.8, 4) is 5.75 Å². The maximum atomic E-state index is 12.2. The molecule has 20 heavy (non-hydrogen) atoms. The van der Waals surface area contributed by atoms with E-state index in [0.29, 0.717) is 17.1 Å². The first-order valence-corrected chi connectivity index (χ1v) is 6.74. The van der Waals surface area contributed by atoms with Gasteiger partial charge in [-0.05, 0) is 38.1 Å². The van der Waals surface area contributed by atoms with Crippen molar-refractivity contribution in [3.63, 3.8) is 0 Å². The van der Waals surface area contributed by atoms with E-state index in [2.05, 4.69) is 16.0 Å². The van der Waals surface area contributed by atoms with Crippen molar-refractivity contribution >= 4 is 23.2 Å². The molecule has 0 radical (unpaired) electrons. The van der Waals surface area contributed by atoms with E-state index >= 15 is 0 Å². The molecule has 1 aromatic carbocycles. The molecule has 0 aromatic heterocycles. The standard InChI is InChI=1S/C14H17N3O3/c1-8-10(4-5-15-8)14(19)16-9-2-3-12-11(6-9)17-13(18)7-20-12/h2-3,6,8,10,15H,4-5,7H2,1H3,(H,16,19)(H,17,18). The third-order valence-corrected chi connectivity index (χ3v) is 3.74. The molecule has 6 nitrogen and oxygen atoms in total. The minimum atomic E-state index is -0.186. The molecule has 106 valence electrons. The molecule has 0 aliphatic carbocycles. The Balaban J connectivity index is 1.73. The lowest BCUT2D eigenvalue weighted by Crippen LogP contribution is -2.32. The number of fused-ring (bicyclic) bond motifs is 1. The molecule has 2 amide bonds. The first-order chi connectivity index (χ1) is 9.63. The first-order valence-electron chi connectivity index (χ1n) is 6.74. The number of ether oxygens (including phenoxy) is 1. The van der Waals surface area contributed by atoms with Crippen molar-refractivity contribution in [2.75, 3.05) is 23.8 Å². The molecule has 2 aliphatic rings. The highest BCUT2D eigenvalue weighted by Crippen LogP contribution is 2.30. The normalized spacial score (nSPS) is 24.6. The highest BCUT2D eigenvalue weighted by molar-refractivity contribution is 5.98. The van der Waals surface area contributed by atoms with E-state index in [1.807, 2.05) is 6.92 Å². The van der Waals surface area contributed by atoms with Crippen molar-refractivity contribution in [2.24, 2.45) is 5.92 Å². The molecule has 2 aliphatic heterocycles. The van der Waals surface area contributed by atoms with Gasteiger partial charge in [0.1, 0.15) is 5.75 Å². The molecule has 0 bridgehead atoms. The van der Waals surface area contributed by atoms with Crippen molar-refractivity contribution in [1.82, 2.24) is 5.32 Å².